The Morgan fingerprint density at radius 1 is 1.34 bits per heavy atom. The Labute approximate surface area is 163 Å². The maximum atomic E-state index is 13.1. The van der Waals surface area contributed by atoms with Crippen LogP contribution < -0.4 is 5.32 Å². The maximum absolute atomic E-state index is 13.1. The van der Waals surface area contributed by atoms with Crippen LogP contribution in [0, 0.1) is 0 Å². The summed E-state index contributed by atoms with van der Waals surface area (Å²) in [6.07, 6.45) is -1.94. The first kappa shape index (κ1) is 20.5. The second-order valence-electron chi connectivity index (χ2n) is 6.24. The van der Waals surface area contributed by atoms with Gasteiger partial charge < -0.3 is 14.6 Å². The van der Waals surface area contributed by atoms with Gasteiger partial charge in [0.15, 0.2) is 5.82 Å². The van der Waals surface area contributed by atoms with Crippen LogP contribution in [0.4, 0.5) is 19.0 Å². The van der Waals surface area contributed by atoms with E-state index in [-0.39, 0.29) is 23.9 Å². The van der Waals surface area contributed by atoms with Crippen molar-refractivity contribution in [3.8, 4) is 11.5 Å². The molecule has 0 saturated heterocycles. The van der Waals surface area contributed by atoms with Gasteiger partial charge in [0.05, 0.1) is 12.2 Å². The Kier molecular flexibility index (Phi) is 5.64. The summed E-state index contributed by atoms with van der Waals surface area (Å²) in [5.41, 5.74) is 0.887. The fourth-order valence-corrected chi connectivity index (χ4v) is 2.65. The van der Waals surface area contributed by atoms with Crippen LogP contribution in [0.15, 0.2) is 30.7 Å². The summed E-state index contributed by atoms with van der Waals surface area (Å²) < 4.78 is 46.6. The van der Waals surface area contributed by atoms with Gasteiger partial charge in [-0.2, -0.15) is 18.3 Å². The van der Waals surface area contributed by atoms with Gasteiger partial charge >= 0.3 is 6.18 Å². The molecule has 29 heavy (non-hydrogen) atoms. The molecule has 3 aromatic heterocycles. The molecular formula is C17H18F3N7O2. The Morgan fingerprint density at radius 3 is 2.79 bits per heavy atom. The van der Waals surface area contributed by atoms with E-state index in [1.165, 1.54) is 30.1 Å². The number of nitrogens with one attached hydrogen (secondary N) is 1. The van der Waals surface area contributed by atoms with Gasteiger partial charge in [0, 0.05) is 20.4 Å². The highest BCUT2D eigenvalue weighted by atomic mass is 19.4. The molecule has 3 heterocycles. The van der Waals surface area contributed by atoms with Gasteiger partial charge in [-0.1, -0.05) is 6.07 Å². The molecule has 3 aromatic rings. The molecule has 0 aliphatic rings. The minimum Gasteiger partial charge on any atom is -0.378 e. The normalized spacial score (nSPS) is 12.8. The molecule has 12 heteroatoms. The van der Waals surface area contributed by atoms with Crippen LogP contribution in [0.25, 0.3) is 11.5 Å². The van der Waals surface area contributed by atoms with Crippen molar-refractivity contribution < 1.29 is 22.7 Å². The van der Waals surface area contributed by atoms with Gasteiger partial charge in [0.2, 0.25) is 0 Å². The number of amides is 1. The predicted octanol–water partition coefficient (Wildman–Crippen LogP) is 2.60. The first-order valence-electron chi connectivity index (χ1n) is 8.47. The Balaban J connectivity index is 1.87. The van der Waals surface area contributed by atoms with Crippen LogP contribution in [0.5, 0.6) is 0 Å². The van der Waals surface area contributed by atoms with Crippen molar-refractivity contribution in [3.05, 3.63) is 42.0 Å². The number of rotatable bonds is 6. The van der Waals surface area contributed by atoms with Gasteiger partial charge in [0.25, 0.3) is 5.91 Å². The summed E-state index contributed by atoms with van der Waals surface area (Å²) >= 11 is 0. The maximum Gasteiger partial charge on any atom is 0.408 e. The largest absolute Gasteiger partial charge is 0.408 e. The van der Waals surface area contributed by atoms with E-state index in [0.29, 0.717) is 11.3 Å². The van der Waals surface area contributed by atoms with Crippen LogP contribution in [-0.2, 0) is 18.4 Å². The Hall–Kier alpha value is -3.28. The van der Waals surface area contributed by atoms with Gasteiger partial charge in [-0.15, -0.1) is 10.2 Å². The highest BCUT2D eigenvalue weighted by Gasteiger charge is 2.38. The molecule has 0 unspecified atom stereocenters. The number of carbonyl (C=O) groups is 1. The molecule has 0 aliphatic carbocycles. The van der Waals surface area contributed by atoms with E-state index >= 15 is 0 Å². The number of carbonyl (C=O) groups excluding carboxylic acids is 1. The number of ether oxygens (including phenoxy) is 1. The topological polar surface area (TPSA) is 99.8 Å². The molecule has 0 aliphatic heterocycles. The average molecular weight is 409 g/mol. The third-order valence-corrected chi connectivity index (χ3v) is 4.11. The monoisotopic (exact) mass is 409 g/mol. The lowest BCUT2D eigenvalue weighted by Crippen LogP contribution is -2.24. The van der Waals surface area contributed by atoms with Gasteiger partial charge in [-0.3, -0.25) is 9.48 Å². The number of anilines is 1. The highest BCUT2D eigenvalue weighted by molar-refractivity contribution is 6.04. The van der Waals surface area contributed by atoms with Crippen molar-refractivity contribution in [1.82, 2.24) is 29.5 Å². The van der Waals surface area contributed by atoms with Crippen LogP contribution in [0.1, 0.15) is 29.0 Å². The molecule has 1 atom stereocenters. The molecule has 0 bridgehead atoms. The summed E-state index contributed by atoms with van der Waals surface area (Å²) in [6.45, 7) is 1.15. The van der Waals surface area contributed by atoms with Crippen molar-refractivity contribution >= 4 is 11.7 Å². The van der Waals surface area contributed by atoms with Crippen LogP contribution in [0.3, 0.4) is 0 Å². The van der Waals surface area contributed by atoms with Crippen molar-refractivity contribution in [1.29, 1.82) is 0 Å². The van der Waals surface area contributed by atoms with Crippen molar-refractivity contribution in [3.63, 3.8) is 0 Å². The molecule has 1 amide bonds. The van der Waals surface area contributed by atoms with Crippen molar-refractivity contribution in [2.75, 3.05) is 12.4 Å². The van der Waals surface area contributed by atoms with E-state index in [0.717, 1.165) is 17.8 Å². The summed E-state index contributed by atoms with van der Waals surface area (Å²) in [4.78, 5) is 16.8. The third-order valence-electron chi connectivity index (χ3n) is 4.11. The summed E-state index contributed by atoms with van der Waals surface area (Å²) in [5.74, 6) is -0.388. The molecule has 154 valence electrons. The number of nitrogens with zero attached hydrogens (tertiary/aromatic N) is 6. The minimum absolute atomic E-state index is 0.0626. The molecule has 0 saturated carbocycles. The lowest BCUT2D eigenvalue weighted by atomic mass is 10.2. The number of methoxy groups -OCH3 is 1. The summed E-state index contributed by atoms with van der Waals surface area (Å²) in [6, 6.07) is 2.72. The Bertz CT molecular complexity index is 1010. The molecule has 1 N–H and O–H groups in total. The zero-order chi connectivity index (χ0) is 21.2. The molecule has 0 aromatic carbocycles. The highest BCUT2D eigenvalue weighted by Crippen LogP contribution is 2.32. The molecule has 0 spiro atoms. The predicted molar refractivity (Wildman–Crippen MR) is 95.9 cm³/mol. The molecule has 0 fully saturated rings. The first-order chi connectivity index (χ1) is 13.7. The fourth-order valence-electron chi connectivity index (χ4n) is 2.65. The number of aryl methyl sites for hydroxylation is 1. The molecule has 3 rings (SSSR count). The summed E-state index contributed by atoms with van der Waals surface area (Å²) in [7, 11) is 3.16. The van der Waals surface area contributed by atoms with E-state index in [1.54, 1.807) is 13.1 Å². The van der Waals surface area contributed by atoms with E-state index in [4.69, 9.17) is 4.74 Å². The number of pyridine rings is 1. The fraction of sp³-hybridized carbons (Fsp3) is 0.353. The smallest absolute Gasteiger partial charge is 0.378 e. The second-order valence-corrected chi connectivity index (χ2v) is 6.24. The lowest BCUT2D eigenvalue weighted by Gasteiger charge is -2.18. The van der Waals surface area contributed by atoms with Gasteiger partial charge in [0.1, 0.15) is 29.6 Å². The second kappa shape index (κ2) is 7.99. The number of alkyl halides is 3. The summed E-state index contributed by atoms with van der Waals surface area (Å²) in [5, 5.41) is 14.1. The van der Waals surface area contributed by atoms with Crippen LogP contribution in [-0.4, -0.2) is 48.7 Å². The molecule has 0 radical (unpaired) electrons. The molecule has 9 nitrogen and oxygen atoms in total. The standard InChI is InChI=1S/C17H18F3N7O2/c1-10(17(18,19)20)27-9-21-24-15(27)12-5-4-6-14(22-12)23-16(28)11-7-26(2)25-13(11)8-29-3/h4-7,9-10H,8H2,1-3H3,(H,22,23,28)/t10-/m0/s1. The minimum atomic E-state index is -4.47. The average Bonchev–Trinajstić information content (AvgIpc) is 3.27. The number of hydrogen-bond acceptors (Lipinski definition) is 6. The number of hydrogen-bond donors (Lipinski definition) is 1. The quantitative estimate of drug-likeness (QED) is 0.672. The lowest BCUT2D eigenvalue weighted by molar-refractivity contribution is -0.162. The van der Waals surface area contributed by atoms with E-state index < -0.39 is 18.1 Å². The van der Waals surface area contributed by atoms with Crippen molar-refractivity contribution in [2.24, 2.45) is 7.05 Å². The zero-order valence-electron chi connectivity index (χ0n) is 15.8. The van der Waals surface area contributed by atoms with Gasteiger partial charge in [-0.05, 0) is 19.1 Å². The number of halogens is 3. The SMILES string of the molecule is COCc1nn(C)cc1C(=O)Nc1cccc(-c2nncn2[C@@H](C)C(F)(F)F)n1. The van der Waals surface area contributed by atoms with Gasteiger partial charge in [-0.25, -0.2) is 4.98 Å². The van der Waals surface area contributed by atoms with Crippen LogP contribution in [0.2, 0.25) is 0 Å². The third kappa shape index (κ3) is 4.42. The first-order valence-corrected chi connectivity index (χ1v) is 8.47. The number of aromatic nitrogens is 6. The molecular weight excluding hydrogens is 391 g/mol. The Morgan fingerprint density at radius 2 is 2.10 bits per heavy atom. The van der Waals surface area contributed by atoms with E-state index in [1.807, 2.05) is 0 Å². The zero-order valence-corrected chi connectivity index (χ0v) is 15.8. The van der Waals surface area contributed by atoms with Crippen LogP contribution >= 0.6 is 0 Å². The van der Waals surface area contributed by atoms with E-state index in [9.17, 15) is 18.0 Å². The van der Waals surface area contributed by atoms with E-state index in [2.05, 4.69) is 25.6 Å². The van der Waals surface area contributed by atoms with Crippen molar-refractivity contribution in [2.45, 2.75) is 25.7 Å².